The van der Waals surface area contributed by atoms with Crippen LogP contribution < -0.4 is 15.4 Å². The normalized spacial score (nSPS) is 12.2. The molecule has 1 atom stereocenters. The van der Waals surface area contributed by atoms with Crippen molar-refractivity contribution in [1.82, 2.24) is 10.6 Å². The average Bonchev–Trinajstić information content (AvgIpc) is 2.71. The molecule has 7 nitrogen and oxygen atoms in total. The zero-order valence-corrected chi connectivity index (χ0v) is 17.4. The minimum absolute atomic E-state index is 0.0577. The van der Waals surface area contributed by atoms with Crippen LogP contribution in [0.2, 0.25) is 0 Å². The van der Waals surface area contributed by atoms with Crippen LogP contribution in [0.3, 0.4) is 0 Å². The zero-order chi connectivity index (χ0) is 22.3. The molecule has 1 unspecified atom stereocenters. The van der Waals surface area contributed by atoms with Crippen molar-refractivity contribution < 1.29 is 24.2 Å². The van der Waals surface area contributed by atoms with Gasteiger partial charge in [0.15, 0.2) is 0 Å². The predicted octanol–water partition coefficient (Wildman–Crippen LogP) is 3.00. The predicted molar refractivity (Wildman–Crippen MR) is 114 cm³/mol. The topological polar surface area (TPSA) is 105 Å². The molecule has 2 rings (SSSR count). The van der Waals surface area contributed by atoms with Crippen molar-refractivity contribution in [2.45, 2.75) is 26.8 Å². The van der Waals surface area contributed by atoms with Crippen LogP contribution in [0.25, 0.3) is 6.08 Å². The maximum atomic E-state index is 12.8. The van der Waals surface area contributed by atoms with E-state index in [-0.39, 0.29) is 11.6 Å². The third kappa shape index (κ3) is 6.20. The molecule has 2 aromatic rings. The lowest BCUT2D eigenvalue weighted by Gasteiger charge is -2.19. The highest BCUT2D eigenvalue weighted by Gasteiger charge is 2.25. The van der Waals surface area contributed by atoms with Crippen LogP contribution in [0.4, 0.5) is 0 Å². The first-order valence-corrected chi connectivity index (χ1v) is 9.48. The van der Waals surface area contributed by atoms with E-state index in [0.717, 1.165) is 5.56 Å². The van der Waals surface area contributed by atoms with Crippen molar-refractivity contribution >= 4 is 23.9 Å². The van der Waals surface area contributed by atoms with Gasteiger partial charge in [0.25, 0.3) is 11.8 Å². The molecule has 0 fully saturated rings. The Bertz CT molecular complexity index is 931. The van der Waals surface area contributed by atoms with E-state index >= 15 is 0 Å². The first-order chi connectivity index (χ1) is 14.2. The van der Waals surface area contributed by atoms with E-state index in [9.17, 15) is 19.5 Å². The fourth-order valence-corrected chi connectivity index (χ4v) is 2.66. The summed E-state index contributed by atoms with van der Waals surface area (Å²) in [5.74, 6) is -1.99. The van der Waals surface area contributed by atoms with E-state index in [1.54, 1.807) is 69.5 Å². The summed E-state index contributed by atoms with van der Waals surface area (Å²) >= 11 is 0. The fraction of sp³-hybridized carbons (Fsp3) is 0.261. The van der Waals surface area contributed by atoms with Crippen molar-refractivity contribution in [3.05, 3.63) is 70.9 Å². The molecule has 2 aromatic carbocycles. The molecule has 0 aliphatic rings. The second-order valence-corrected chi connectivity index (χ2v) is 7.18. The summed E-state index contributed by atoms with van der Waals surface area (Å²) in [4.78, 5) is 36.9. The number of amides is 2. The van der Waals surface area contributed by atoms with E-state index in [1.165, 1.54) is 6.08 Å². The Kier molecular flexibility index (Phi) is 7.75. The SMILES string of the molecule is COc1ccc(C=C(NC(=O)c2ccc(C)cc2)C(=O)NC(C(=O)O)C(C)C)cc1. The van der Waals surface area contributed by atoms with Crippen molar-refractivity contribution in [1.29, 1.82) is 0 Å². The van der Waals surface area contributed by atoms with Crippen LogP contribution >= 0.6 is 0 Å². The number of carboxylic acids is 1. The second kappa shape index (κ2) is 10.2. The van der Waals surface area contributed by atoms with Crippen LogP contribution in [-0.2, 0) is 9.59 Å². The van der Waals surface area contributed by atoms with E-state index < -0.39 is 23.8 Å². The van der Waals surface area contributed by atoms with Crippen LogP contribution in [0, 0.1) is 12.8 Å². The molecule has 158 valence electrons. The number of nitrogens with one attached hydrogen (secondary N) is 2. The Hall–Kier alpha value is -3.61. The molecule has 0 spiro atoms. The Morgan fingerprint density at radius 3 is 2.10 bits per heavy atom. The maximum Gasteiger partial charge on any atom is 0.326 e. The summed E-state index contributed by atoms with van der Waals surface area (Å²) in [5, 5.41) is 14.4. The van der Waals surface area contributed by atoms with E-state index in [2.05, 4.69) is 10.6 Å². The van der Waals surface area contributed by atoms with Crippen LogP contribution in [0.15, 0.2) is 54.2 Å². The Morgan fingerprint density at radius 1 is 1.00 bits per heavy atom. The molecule has 0 aliphatic carbocycles. The van der Waals surface area contributed by atoms with Crippen molar-refractivity contribution in [2.24, 2.45) is 5.92 Å². The molecule has 0 saturated carbocycles. The molecule has 0 aliphatic heterocycles. The Morgan fingerprint density at radius 2 is 1.60 bits per heavy atom. The second-order valence-electron chi connectivity index (χ2n) is 7.18. The summed E-state index contributed by atoms with van der Waals surface area (Å²) < 4.78 is 5.12. The van der Waals surface area contributed by atoms with E-state index in [0.29, 0.717) is 16.9 Å². The summed E-state index contributed by atoms with van der Waals surface area (Å²) in [7, 11) is 1.55. The van der Waals surface area contributed by atoms with Crippen molar-refractivity contribution in [3.63, 3.8) is 0 Å². The number of hydrogen-bond acceptors (Lipinski definition) is 4. The van der Waals surface area contributed by atoms with Crippen molar-refractivity contribution in [3.8, 4) is 5.75 Å². The summed E-state index contributed by atoms with van der Waals surface area (Å²) in [6, 6.07) is 12.7. The molecule has 7 heteroatoms. The van der Waals surface area contributed by atoms with Gasteiger partial charge < -0.3 is 20.5 Å². The first kappa shape index (κ1) is 22.7. The number of methoxy groups -OCH3 is 1. The number of aliphatic carboxylic acids is 1. The lowest BCUT2D eigenvalue weighted by molar-refractivity contribution is -0.142. The minimum atomic E-state index is -1.15. The van der Waals surface area contributed by atoms with Gasteiger partial charge in [0.1, 0.15) is 17.5 Å². The third-order valence-electron chi connectivity index (χ3n) is 4.45. The highest BCUT2D eigenvalue weighted by Crippen LogP contribution is 2.14. The number of carboxylic acid groups (broad SMARTS) is 1. The molecule has 30 heavy (non-hydrogen) atoms. The number of aryl methyl sites for hydroxylation is 1. The van der Waals surface area contributed by atoms with Gasteiger partial charge in [-0.15, -0.1) is 0 Å². The molecular weight excluding hydrogens is 384 g/mol. The van der Waals surface area contributed by atoms with Gasteiger partial charge in [-0.1, -0.05) is 43.7 Å². The number of ether oxygens (including phenoxy) is 1. The van der Waals surface area contributed by atoms with Gasteiger partial charge in [-0.25, -0.2) is 4.79 Å². The van der Waals surface area contributed by atoms with Gasteiger partial charge in [-0.05, 0) is 48.7 Å². The fourth-order valence-electron chi connectivity index (χ4n) is 2.66. The average molecular weight is 410 g/mol. The molecule has 3 N–H and O–H groups in total. The lowest BCUT2D eigenvalue weighted by atomic mass is 10.0. The van der Waals surface area contributed by atoms with Gasteiger partial charge in [-0.3, -0.25) is 9.59 Å². The van der Waals surface area contributed by atoms with Gasteiger partial charge in [-0.2, -0.15) is 0 Å². The first-order valence-electron chi connectivity index (χ1n) is 9.48. The van der Waals surface area contributed by atoms with Crippen molar-refractivity contribution in [2.75, 3.05) is 7.11 Å². The molecule has 0 radical (unpaired) electrons. The lowest BCUT2D eigenvalue weighted by Crippen LogP contribution is -2.47. The van der Waals surface area contributed by atoms with Gasteiger partial charge in [0.05, 0.1) is 7.11 Å². The summed E-state index contributed by atoms with van der Waals surface area (Å²) in [6.07, 6.45) is 1.49. The Labute approximate surface area is 175 Å². The molecule has 0 bridgehead atoms. The van der Waals surface area contributed by atoms with Crippen LogP contribution in [0.5, 0.6) is 5.75 Å². The number of hydrogen-bond donors (Lipinski definition) is 3. The molecule has 0 saturated heterocycles. The number of carbonyl (C=O) groups is 3. The molecular formula is C23H26N2O5. The highest BCUT2D eigenvalue weighted by atomic mass is 16.5. The molecule has 0 aromatic heterocycles. The number of benzene rings is 2. The van der Waals surface area contributed by atoms with E-state index in [4.69, 9.17) is 4.74 Å². The quantitative estimate of drug-likeness (QED) is 0.580. The summed E-state index contributed by atoms with van der Waals surface area (Å²) in [5.41, 5.74) is 1.96. The monoisotopic (exact) mass is 410 g/mol. The highest BCUT2D eigenvalue weighted by molar-refractivity contribution is 6.06. The van der Waals surface area contributed by atoms with Crippen LogP contribution in [-0.4, -0.2) is 36.0 Å². The molecule has 0 heterocycles. The van der Waals surface area contributed by atoms with E-state index in [1.807, 2.05) is 6.92 Å². The summed E-state index contributed by atoms with van der Waals surface area (Å²) in [6.45, 7) is 5.29. The Balaban J connectivity index is 2.33. The molecule has 2 amide bonds. The van der Waals surface area contributed by atoms with Gasteiger partial charge >= 0.3 is 5.97 Å². The third-order valence-corrected chi connectivity index (χ3v) is 4.45. The maximum absolute atomic E-state index is 12.8. The van der Waals surface area contributed by atoms with Gasteiger partial charge in [0, 0.05) is 5.56 Å². The number of carbonyl (C=O) groups excluding carboxylic acids is 2. The minimum Gasteiger partial charge on any atom is -0.497 e. The zero-order valence-electron chi connectivity index (χ0n) is 17.4. The standard InChI is InChI=1S/C23H26N2O5/c1-14(2)20(23(28)29)25-22(27)19(13-16-7-11-18(30-4)12-8-16)24-21(26)17-9-5-15(3)6-10-17/h5-14,20H,1-4H3,(H,24,26)(H,25,27)(H,28,29). The largest absolute Gasteiger partial charge is 0.497 e. The van der Waals surface area contributed by atoms with Gasteiger partial charge in [0.2, 0.25) is 0 Å². The number of rotatable bonds is 8. The van der Waals surface area contributed by atoms with Crippen LogP contribution in [0.1, 0.15) is 35.3 Å². The smallest absolute Gasteiger partial charge is 0.326 e.